The van der Waals surface area contributed by atoms with E-state index in [0.29, 0.717) is 28.2 Å². The molecule has 1 heterocycles. The van der Waals surface area contributed by atoms with Gasteiger partial charge in [0, 0.05) is 16.7 Å². The average Bonchev–Trinajstić information content (AvgIpc) is 2.74. The molecule has 2 aromatic rings. The number of hydrogen-bond donors (Lipinski definition) is 0. The molecular weight excluding hydrogens is 346 g/mol. The standard InChI is InChI=1S/C24H15N3O/c1-2-8-19-13-21(20-11-6-7-12-23(20)28-19)22(16-27)24(18(14-25)15-26)17-9-4-3-5-10-17/h2-13H,1H3/b8-2+,22-21+. The first kappa shape index (κ1) is 18.5. The van der Waals surface area contributed by atoms with E-state index in [4.69, 9.17) is 4.74 Å². The van der Waals surface area contributed by atoms with E-state index in [9.17, 15) is 15.8 Å². The van der Waals surface area contributed by atoms with Crippen LogP contribution in [0.3, 0.4) is 0 Å². The Hall–Kier alpha value is -4.33. The van der Waals surface area contributed by atoms with Gasteiger partial charge in [0.05, 0.1) is 5.57 Å². The third kappa shape index (κ3) is 3.47. The Balaban J connectivity index is 2.41. The second kappa shape index (κ2) is 8.37. The smallest absolute Gasteiger partial charge is 0.138 e. The van der Waals surface area contributed by atoms with Crippen molar-refractivity contribution in [2.24, 2.45) is 0 Å². The number of nitriles is 3. The van der Waals surface area contributed by atoms with Gasteiger partial charge in [0.1, 0.15) is 35.3 Å². The molecule has 0 atom stereocenters. The molecule has 0 radical (unpaired) electrons. The number of fused-ring (bicyclic) bond motifs is 1. The molecule has 28 heavy (non-hydrogen) atoms. The van der Waals surface area contributed by atoms with Crippen LogP contribution in [0.25, 0.3) is 11.1 Å². The zero-order chi connectivity index (χ0) is 19.9. The lowest BCUT2D eigenvalue weighted by Crippen LogP contribution is -2.05. The minimum Gasteiger partial charge on any atom is -0.457 e. The van der Waals surface area contributed by atoms with Gasteiger partial charge in [0.2, 0.25) is 0 Å². The monoisotopic (exact) mass is 361 g/mol. The molecule has 0 N–H and O–H groups in total. The van der Waals surface area contributed by atoms with Crippen LogP contribution in [0.5, 0.6) is 5.75 Å². The molecule has 4 heteroatoms. The summed E-state index contributed by atoms with van der Waals surface area (Å²) in [5, 5.41) is 29.1. The van der Waals surface area contributed by atoms with Crippen LogP contribution in [0.15, 0.2) is 89.7 Å². The zero-order valence-corrected chi connectivity index (χ0v) is 15.2. The number of allylic oxidation sites excluding steroid dienone is 7. The molecule has 0 aliphatic carbocycles. The molecule has 0 fully saturated rings. The Morgan fingerprint density at radius 2 is 1.57 bits per heavy atom. The topological polar surface area (TPSA) is 80.6 Å². The summed E-state index contributed by atoms with van der Waals surface area (Å²) in [6.07, 6.45) is 5.40. The highest BCUT2D eigenvalue weighted by Crippen LogP contribution is 2.40. The van der Waals surface area contributed by atoms with Gasteiger partial charge in [-0.25, -0.2) is 0 Å². The van der Waals surface area contributed by atoms with Gasteiger partial charge in [-0.3, -0.25) is 0 Å². The number of para-hydroxylation sites is 1. The van der Waals surface area contributed by atoms with Crippen LogP contribution in [0.4, 0.5) is 0 Å². The van der Waals surface area contributed by atoms with Gasteiger partial charge < -0.3 is 4.74 Å². The Morgan fingerprint density at radius 1 is 0.893 bits per heavy atom. The van der Waals surface area contributed by atoms with Gasteiger partial charge in [-0.05, 0) is 30.7 Å². The third-order valence-corrected chi connectivity index (χ3v) is 4.19. The molecule has 0 aromatic heterocycles. The Bertz CT molecular complexity index is 1140. The highest BCUT2D eigenvalue weighted by Gasteiger charge is 2.23. The summed E-state index contributed by atoms with van der Waals surface area (Å²) in [6, 6.07) is 22.5. The molecule has 1 aliphatic rings. The zero-order valence-electron chi connectivity index (χ0n) is 15.2. The maximum atomic E-state index is 10.0. The van der Waals surface area contributed by atoms with E-state index in [2.05, 4.69) is 6.07 Å². The fraction of sp³-hybridized carbons (Fsp3) is 0.0417. The maximum Gasteiger partial charge on any atom is 0.138 e. The van der Waals surface area contributed by atoms with E-state index in [0.717, 1.165) is 5.56 Å². The fourth-order valence-electron chi connectivity index (χ4n) is 3.01. The first-order valence-electron chi connectivity index (χ1n) is 8.59. The minimum absolute atomic E-state index is 0.111. The average molecular weight is 361 g/mol. The number of hydrogen-bond acceptors (Lipinski definition) is 4. The quantitative estimate of drug-likeness (QED) is 0.693. The number of ether oxygens (including phenoxy) is 1. The Kier molecular flexibility index (Phi) is 5.52. The van der Waals surface area contributed by atoms with Crippen molar-refractivity contribution in [3.8, 4) is 24.0 Å². The third-order valence-electron chi connectivity index (χ3n) is 4.19. The molecule has 132 valence electrons. The summed E-state index contributed by atoms with van der Waals surface area (Å²) in [6.45, 7) is 1.87. The molecule has 0 amide bonds. The van der Waals surface area contributed by atoms with Crippen molar-refractivity contribution in [2.45, 2.75) is 6.92 Å². The molecule has 0 spiro atoms. The highest BCUT2D eigenvalue weighted by molar-refractivity contribution is 6.00. The van der Waals surface area contributed by atoms with Crippen molar-refractivity contribution >= 4 is 11.1 Å². The summed E-state index contributed by atoms with van der Waals surface area (Å²) in [7, 11) is 0. The second-order valence-corrected chi connectivity index (χ2v) is 5.89. The first-order valence-corrected chi connectivity index (χ1v) is 8.59. The van der Waals surface area contributed by atoms with Crippen molar-refractivity contribution in [3.05, 3.63) is 101 Å². The van der Waals surface area contributed by atoms with Gasteiger partial charge in [0.15, 0.2) is 0 Å². The van der Waals surface area contributed by atoms with Crippen LogP contribution in [-0.4, -0.2) is 0 Å². The molecule has 0 unspecified atom stereocenters. The fourth-order valence-corrected chi connectivity index (χ4v) is 3.01. The summed E-state index contributed by atoms with van der Waals surface area (Å²) in [5.41, 5.74) is 2.43. The van der Waals surface area contributed by atoms with Crippen molar-refractivity contribution in [3.63, 3.8) is 0 Å². The van der Waals surface area contributed by atoms with Gasteiger partial charge >= 0.3 is 0 Å². The lowest BCUT2D eigenvalue weighted by molar-refractivity contribution is 0.439. The summed E-state index contributed by atoms with van der Waals surface area (Å²) >= 11 is 0. The molecule has 2 aromatic carbocycles. The van der Waals surface area contributed by atoms with Crippen LogP contribution in [0.1, 0.15) is 18.1 Å². The van der Waals surface area contributed by atoms with E-state index in [1.807, 2.05) is 55.5 Å². The molecule has 4 nitrogen and oxygen atoms in total. The SMILES string of the molecule is C/C=C/C1=CC(=C(/C#N)C(=C(C#N)C#N)c2ccccc2)/c2ccccc2O1. The van der Waals surface area contributed by atoms with E-state index in [-0.39, 0.29) is 11.1 Å². The van der Waals surface area contributed by atoms with Crippen LogP contribution < -0.4 is 4.74 Å². The van der Waals surface area contributed by atoms with Crippen molar-refractivity contribution in [2.75, 3.05) is 0 Å². The maximum absolute atomic E-state index is 10.0. The van der Waals surface area contributed by atoms with Gasteiger partial charge in [-0.2, -0.15) is 15.8 Å². The molecular formula is C24H15N3O. The van der Waals surface area contributed by atoms with Crippen LogP contribution >= 0.6 is 0 Å². The number of rotatable bonds is 3. The second-order valence-electron chi connectivity index (χ2n) is 5.89. The normalized spacial score (nSPS) is 13.9. The summed E-state index contributed by atoms with van der Waals surface area (Å²) in [4.78, 5) is 0. The predicted molar refractivity (Wildman–Crippen MR) is 107 cm³/mol. The number of nitrogens with zero attached hydrogens (tertiary/aromatic N) is 3. The van der Waals surface area contributed by atoms with Crippen molar-refractivity contribution in [1.29, 1.82) is 15.8 Å². The first-order chi connectivity index (χ1) is 13.7. The van der Waals surface area contributed by atoms with Gasteiger partial charge in [-0.1, -0.05) is 54.6 Å². The molecule has 0 saturated heterocycles. The van der Waals surface area contributed by atoms with Gasteiger partial charge in [0.25, 0.3) is 0 Å². The van der Waals surface area contributed by atoms with Crippen LogP contribution in [-0.2, 0) is 0 Å². The number of benzene rings is 2. The van der Waals surface area contributed by atoms with Crippen LogP contribution in [0.2, 0.25) is 0 Å². The van der Waals surface area contributed by atoms with Crippen molar-refractivity contribution < 1.29 is 4.74 Å². The summed E-state index contributed by atoms with van der Waals surface area (Å²) < 4.78 is 5.88. The highest BCUT2D eigenvalue weighted by atomic mass is 16.5. The summed E-state index contributed by atoms with van der Waals surface area (Å²) in [5.74, 6) is 1.19. The van der Waals surface area contributed by atoms with Gasteiger partial charge in [-0.15, -0.1) is 0 Å². The Morgan fingerprint density at radius 3 is 2.21 bits per heavy atom. The molecule has 0 bridgehead atoms. The molecule has 0 saturated carbocycles. The van der Waals surface area contributed by atoms with E-state index < -0.39 is 0 Å². The van der Waals surface area contributed by atoms with E-state index in [1.165, 1.54) is 0 Å². The Labute approximate surface area is 163 Å². The molecule has 3 rings (SSSR count). The van der Waals surface area contributed by atoms with E-state index in [1.54, 1.807) is 36.4 Å². The molecule has 1 aliphatic heterocycles. The predicted octanol–water partition coefficient (Wildman–Crippen LogP) is 5.32. The minimum atomic E-state index is -0.111. The lowest BCUT2D eigenvalue weighted by Gasteiger charge is -2.20. The van der Waals surface area contributed by atoms with Crippen molar-refractivity contribution in [1.82, 2.24) is 0 Å². The van der Waals surface area contributed by atoms with E-state index >= 15 is 0 Å². The lowest BCUT2D eigenvalue weighted by atomic mass is 9.87. The largest absolute Gasteiger partial charge is 0.457 e. The van der Waals surface area contributed by atoms with Crippen LogP contribution in [0, 0.1) is 34.0 Å².